The number of allylic oxidation sites excluding steroid dienone is 1. The van der Waals surface area contributed by atoms with Crippen molar-refractivity contribution in [2.24, 2.45) is 5.10 Å². The van der Waals surface area contributed by atoms with Gasteiger partial charge in [-0.15, -0.1) is 0 Å². The van der Waals surface area contributed by atoms with Crippen molar-refractivity contribution in [3.8, 4) is 0 Å². The molecule has 0 radical (unpaired) electrons. The van der Waals surface area contributed by atoms with Crippen LogP contribution in [-0.4, -0.2) is 18.5 Å². The molecule has 3 rings (SSSR count). The SMILES string of the molecule is Cc1ccccc1C(=O)CN1N=CC=Cc2ccccc21. The molecule has 104 valence electrons. The maximum Gasteiger partial charge on any atom is 0.184 e. The van der Waals surface area contributed by atoms with Crippen LogP contribution in [0.15, 0.2) is 59.7 Å². The Labute approximate surface area is 124 Å². The summed E-state index contributed by atoms with van der Waals surface area (Å²) in [5.41, 5.74) is 3.76. The van der Waals surface area contributed by atoms with E-state index in [0.717, 1.165) is 22.4 Å². The lowest BCUT2D eigenvalue weighted by molar-refractivity contribution is 0.0998. The van der Waals surface area contributed by atoms with E-state index < -0.39 is 0 Å². The maximum atomic E-state index is 12.5. The van der Waals surface area contributed by atoms with Crippen LogP contribution in [0.3, 0.4) is 0 Å². The first-order valence-corrected chi connectivity index (χ1v) is 6.92. The molecule has 0 atom stereocenters. The first kappa shape index (κ1) is 13.3. The number of hydrogen-bond acceptors (Lipinski definition) is 3. The lowest BCUT2D eigenvalue weighted by Gasteiger charge is -2.19. The average molecular weight is 276 g/mol. The minimum atomic E-state index is 0.0713. The lowest BCUT2D eigenvalue weighted by Crippen LogP contribution is -2.25. The summed E-state index contributed by atoms with van der Waals surface area (Å²) in [5.74, 6) is 0.0713. The van der Waals surface area contributed by atoms with Crippen molar-refractivity contribution < 1.29 is 4.79 Å². The Hall–Kier alpha value is -2.68. The molecule has 0 saturated carbocycles. The molecule has 2 aromatic rings. The number of ketones is 1. The largest absolute Gasteiger partial charge is 0.292 e. The molecule has 0 spiro atoms. The molecule has 0 aliphatic carbocycles. The summed E-state index contributed by atoms with van der Waals surface area (Å²) < 4.78 is 0. The number of hydrogen-bond donors (Lipinski definition) is 0. The summed E-state index contributed by atoms with van der Waals surface area (Å²) >= 11 is 0. The minimum Gasteiger partial charge on any atom is -0.292 e. The topological polar surface area (TPSA) is 32.7 Å². The number of carbonyl (C=O) groups excluding carboxylic acids is 1. The van der Waals surface area contributed by atoms with E-state index in [0.29, 0.717) is 0 Å². The van der Waals surface area contributed by atoms with Gasteiger partial charge < -0.3 is 0 Å². The molecule has 1 aliphatic heterocycles. The van der Waals surface area contributed by atoms with Gasteiger partial charge >= 0.3 is 0 Å². The first-order chi connectivity index (χ1) is 10.3. The van der Waals surface area contributed by atoms with E-state index in [4.69, 9.17) is 0 Å². The van der Waals surface area contributed by atoms with E-state index >= 15 is 0 Å². The van der Waals surface area contributed by atoms with Gasteiger partial charge in [0, 0.05) is 11.8 Å². The van der Waals surface area contributed by atoms with Gasteiger partial charge in [-0.2, -0.15) is 5.10 Å². The number of hydrazone groups is 1. The van der Waals surface area contributed by atoms with E-state index in [1.807, 2.05) is 67.6 Å². The smallest absolute Gasteiger partial charge is 0.184 e. The van der Waals surface area contributed by atoms with Crippen LogP contribution >= 0.6 is 0 Å². The molecule has 1 aliphatic rings. The van der Waals surface area contributed by atoms with Gasteiger partial charge in [0.2, 0.25) is 0 Å². The quantitative estimate of drug-likeness (QED) is 0.801. The molecule has 0 bridgehead atoms. The normalized spacial score (nSPS) is 12.9. The standard InChI is InChI=1S/C18H16N2O/c1-14-7-2-4-10-16(14)18(21)13-20-17-11-5-3-8-15(17)9-6-12-19-20/h2-12H,13H2,1H3. The van der Waals surface area contributed by atoms with Crippen molar-refractivity contribution in [1.29, 1.82) is 0 Å². The zero-order valence-corrected chi connectivity index (χ0v) is 11.9. The number of rotatable bonds is 3. The highest BCUT2D eigenvalue weighted by Crippen LogP contribution is 2.24. The van der Waals surface area contributed by atoms with Gasteiger partial charge in [0.15, 0.2) is 5.78 Å². The third-order valence-corrected chi connectivity index (χ3v) is 3.52. The average Bonchev–Trinajstić information content (AvgIpc) is 2.70. The zero-order chi connectivity index (χ0) is 14.7. The highest BCUT2D eigenvalue weighted by atomic mass is 16.1. The number of aryl methyl sites for hydroxylation is 1. The number of Topliss-reactive ketones (excluding diaryl/α,β-unsaturated/α-hetero) is 1. The Morgan fingerprint density at radius 3 is 2.71 bits per heavy atom. The fourth-order valence-electron chi connectivity index (χ4n) is 2.42. The van der Waals surface area contributed by atoms with Crippen molar-refractivity contribution in [1.82, 2.24) is 0 Å². The zero-order valence-electron chi connectivity index (χ0n) is 11.9. The molecular weight excluding hydrogens is 260 g/mol. The van der Waals surface area contributed by atoms with Gasteiger partial charge in [-0.1, -0.05) is 48.5 Å². The molecule has 0 unspecified atom stereocenters. The summed E-state index contributed by atoms with van der Waals surface area (Å²) in [4.78, 5) is 12.5. The summed E-state index contributed by atoms with van der Waals surface area (Å²) in [7, 11) is 0. The van der Waals surface area contributed by atoms with Crippen LogP contribution < -0.4 is 5.01 Å². The van der Waals surface area contributed by atoms with Crippen molar-refractivity contribution >= 4 is 23.8 Å². The second kappa shape index (κ2) is 5.75. The van der Waals surface area contributed by atoms with Crippen molar-refractivity contribution in [3.63, 3.8) is 0 Å². The number of anilines is 1. The predicted molar refractivity (Wildman–Crippen MR) is 86.8 cm³/mol. The third-order valence-electron chi connectivity index (χ3n) is 3.52. The summed E-state index contributed by atoms with van der Waals surface area (Å²) in [5, 5.41) is 6.11. The number of fused-ring (bicyclic) bond motifs is 1. The van der Waals surface area contributed by atoms with Crippen molar-refractivity contribution in [3.05, 3.63) is 71.3 Å². The van der Waals surface area contributed by atoms with Crippen LogP contribution in [0, 0.1) is 6.92 Å². The molecule has 3 nitrogen and oxygen atoms in total. The highest BCUT2D eigenvalue weighted by molar-refractivity contribution is 6.01. The van der Waals surface area contributed by atoms with Crippen LogP contribution in [0.5, 0.6) is 0 Å². The molecule has 3 heteroatoms. The van der Waals surface area contributed by atoms with Gasteiger partial charge in [0.25, 0.3) is 0 Å². The van der Waals surface area contributed by atoms with Gasteiger partial charge in [-0.3, -0.25) is 9.80 Å². The molecule has 2 aromatic carbocycles. The van der Waals surface area contributed by atoms with E-state index in [2.05, 4.69) is 5.10 Å². The Morgan fingerprint density at radius 1 is 1.10 bits per heavy atom. The van der Waals surface area contributed by atoms with Crippen LogP contribution in [0.2, 0.25) is 0 Å². The second-order valence-electron chi connectivity index (χ2n) is 4.98. The van der Waals surface area contributed by atoms with Gasteiger partial charge in [-0.25, -0.2) is 0 Å². The summed E-state index contributed by atoms with van der Waals surface area (Å²) in [6, 6.07) is 15.6. The van der Waals surface area contributed by atoms with Crippen LogP contribution in [0.25, 0.3) is 6.08 Å². The number of carbonyl (C=O) groups is 1. The van der Waals surface area contributed by atoms with Crippen molar-refractivity contribution in [2.45, 2.75) is 6.92 Å². The Balaban J connectivity index is 1.89. The highest BCUT2D eigenvalue weighted by Gasteiger charge is 2.16. The van der Waals surface area contributed by atoms with Gasteiger partial charge in [0.05, 0.1) is 5.69 Å². The van der Waals surface area contributed by atoms with E-state index in [-0.39, 0.29) is 12.3 Å². The molecule has 21 heavy (non-hydrogen) atoms. The molecule has 1 heterocycles. The van der Waals surface area contributed by atoms with Gasteiger partial charge in [-0.05, 0) is 30.2 Å². The summed E-state index contributed by atoms with van der Waals surface area (Å²) in [6.45, 7) is 2.19. The van der Waals surface area contributed by atoms with E-state index in [1.165, 1.54) is 0 Å². The van der Waals surface area contributed by atoms with E-state index in [1.54, 1.807) is 11.2 Å². The van der Waals surface area contributed by atoms with Crippen LogP contribution in [-0.2, 0) is 0 Å². The number of para-hydroxylation sites is 1. The molecule has 0 aromatic heterocycles. The Kier molecular flexibility index (Phi) is 3.65. The second-order valence-corrected chi connectivity index (χ2v) is 4.98. The predicted octanol–water partition coefficient (Wildman–Crippen LogP) is 3.70. The third kappa shape index (κ3) is 2.77. The fraction of sp³-hybridized carbons (Fsp3) is 0.111. The molecular formula is C18H16N2O. The molecule has 0 saturated heterocycles. The minimum absolute atomic E-state index is 0.0713. The maximum absolute atomic E-state index is 12.5. The summed E-state index contributed by atoms with van der Waals surface area (Å²) in [6.07, 6.45) is 5.60. The molecule has 0 fully saturated rings. The molecule has 0 N–H and O–H groups in total. The van der Waals surface area contributed by atoms with Gasteiger partial charge in [0.1, 0.15) is 6.54 Å². The van der Waals surface area contributed by atoms with E-state index in [9.17, 15) is 4.79 Å². The van der Waals surface area contributed by atoms with Crippen molar-refractivity contribution in [2.75, 3.05) is 11.6 Å². The number of nitrogens with zero attached hydrogens (tertiary/aromatic N) is 2. The Bertz CT molecular complexity index is 732. The number of benzene rings is 2. The van der Waals surface area contributed by atoms with Crippen LogP contribution in [0.1, 0.15) is 21.5 Å². The van der Waals surface area contributed by atoms with Crippen LogP contribution in [0.4, 0.5) is 5.69 Å². The Morgan fingerprint density at radius 2 is 1.86 bits per heavy atom. The molecule has 0 amide bonds. The first-order valence-electron chi connectivity index (χ1n) is 6.92. The fourth-order valence-corrected chi connectivity index (χ4v) is 2.42. The lowest BCUT2D eigenvalue weighted by atomic mass is 10.0. The monoisotopic (exact) mass is 276 g/mol.